The number of imide groups is 1. The molecule has 2 aromatic carbocycles. The first-order valence-corrected chi connectivity index (χ1v) is 11.1. The van der Waals surface area contributed by atoms with Crippen molar-refractivity contribution in [2.45, 2.75) is 39.0 Å². The van der Waals surface area contributed by atoms with Gasteiger partial charge in [0.25, 0.3) is 11.8 Å². The number of ether oxygens (including phenoxy) is 1. The predicted molar refractivity (Wildman–Crippen MR) is 118 cm³/mol. The van der Waals surface area contributed by atoms with E-state index in [9.17, 15) is 14.4 Å². The van der Waals surface area contributed by atoms with Crippen LogP contribution in [0, 0.1) is 11.8 Å². The summed E-state index contributed by atoms with van der Waals surface area (Å²) < 4.78 is 5.59. The van der Waals surface area contributed by atoms with Crippen molar-refractivity contribution >= 4 is 23.4 Å². The number of carbonyl (C=O) groups is 3. The van der Waals surface area contributed by atoms with Crippen molar-refractivity contribution in [2.24, 2.45) is 11.8 Å². The zero-order chi connectivity index (χ0) is 21.8. The maximum absolute atomic E-state index is 13.1. The highest BCUT2D eigenvalue weighted by molar-refractivity contribution is 6.21. The van der Waals surface area contributed by atoms with E-state index in [0.717, 1.165) is 43.5 Å². The van der Waals surface area contributed by atoms with E-state index in [1.54, 1.807) is 24.3 Å². The SMILES string of the molecule is CCCOc1ccc(NC(=O)C2CCCCC2CN2C(=O)c3ccccc3C2=O)cc1. The number of hydrogen-bond acceptors (Lipinski definition) is 4. The van der Waals surface area contributed by atoms with Crippen LogP contribution in [0.4, 0.5) is 5.69 Å². The number of amides is 3. The van der Waals surface area contributed by atoms with Crippen LogP contribution in [-0.2, 0) is 4.79 Å². The highest BCUT2D eigenvalue weighted by Gasteiger charge is 2.40. The second kappa shape index (κ2) is 9.33. The highest BCUT2D eigenvalue weighted by atomic mass is 16.5. The van der Waals surface area contributed by atoms with E-state index in [2.05, 4.69) is 12.2 Å². The van der Waals surface area contributed by atoms with Crippen LogP contribution < -0.4 is 10.1 Å². The van der Waals surface area contributed by atoms with Crippen molar-refractivity contribution in [1.82, 2.24) is 4.90 Å². The van der Waals surface area contributed by atoms with E-state index in [-0.39, 0.29) is 36.1 Å². The van der Waals surface area contributed by atoms with Gasteiger partial charge in [-0.05, 0) is 61.6 Å². The van der Waals surface area contributed by atoms with Crippen molar-refractivity contribution in [2.75, 3.05) is 18.5 Å². The lowest BCUT2D eigenvalue weighted by atomic mass is 9.78. The summed E-state index contributed by atoms with van der Waals surface area (Å²) in [6.45, 7) is 3.00. The summed E-state index contributed by atoms with van der Waals surface area (Å²) in [4.78, 5) is 39.9. The quantitative estimate of drug-likeness (QED) is 0.669. The lowest BCUT2D eigenvalue weighted by molar-refractivity contribution is -0.122. The molecule has 2 aromatic rings. The molecule has 1 saturated carbocycles. The number of benzene rings is 2. The van der Waals surface area contributed by atoms with Gasteiger partial charge < -0.3 is 10.1 Å². The van der Waals surface area contributed by atoms with E-state index in [1.165, 1.54) is 4.90 Å². The second-order valence-corrected chi connectivity index (χ2v) is 8.28. The van der Waals surface area contributed by atoms with Gasteiger partial charge in [-0.2, -0.15) is 0 Å². The summed E-state index contributed by atoms with van der Waals surface area (Å²) in [5, 5.41) is 3.01. The molecule has 3 amide bonds. The van der Waals surface area contributed by atoms with Crippen LogP contribution in [0.2, 0.25) is 0 Å². The number of hydrogen-bond donors (Lipinski definition) is 1. The Morgan fingerprint density at radius 3 is 2.29 bits per heavy atom. The Bertz CT molecular complexity index is 935. The van der Waals surface area contributed by atoms with Crippen molar-refractivity contribution in [3.63, 3.8) is 0 Å². The van der Waals surface area contributed by atoms with E-state index < -0.39 is 0 Å². The normalized spacial score (nSPS) is 20.5. The molecule has 2 aliphatic rings. The van der Waals surface area contributed by atoms with E-state index >= 15 is 0 Å². The van der Waals surface area contributed by atoms with Gasteiger partial charge in [0.05, 0.1) is 17.7 Å². The summed E-state index contributed by atoms with van der Waals surface area (Å²) in [6, 6.07) is 14.3. The van der Waals surface area contributed by atoms with Crippen LogP contribution in [0.5, 0.6) is 5.75 Å². The fourth-order valence-electron chi connectivity index (χ4n) is 4.50. The minimum Gasteiger partial charge on any atom is -0.494 e. The number of nitrogens with one attached hydrogen (secondary N) is 1. The molecule has 1 aliphatic heterocycles. The smallest absolute Gasteiger partial charge is 0.261 e. The van der Waals surface area contributed by atoms with Crippen LogP contribution in [0.1, 0.15) is 59.7 Å². The van der Waals surface area contributed by atoms with Gasteiger partial charge in [0.15, 0.2) is 0 Å². The summed E-state index contributed by atoms with van der Waals surface area (Å²) in [5.41, 5.74) is 1.63. The minimum atomic E-state index is -0.256. The highest BCUT2D eigenvalue weighted by Crippen LogP contribution is 2.34. The van der Waals surface area contributed by atoms with Gasteiger partial charge in [0.2, 0.25) is 5.91 Å². The lowest BCUT2D eigenvalue weighted by Gasteiger charge is -2.32. The third-order valence-electron chi connectivity index (χ3n) is 6.14. The topological polar surface area (TPSA) is 75.7 Å². The van der Waals surface area contributed by atoms with Crippen molar-refractivity contribution in [3.05, 3.63) is 59.7 Å². The van der Waals surface area contributed by atoms with Crippen LogP contribution in [0.3, 0.4) is 0 Å². The minimum absolute atomic E-state index is 0.0388. The van der Waals surface area contributed by atoms with Crippen LogP contribution in [0.15, 0.2) is 48.5 Å². The molecule has 6 heteroatoms. The van der Waals surface area contributed by atoms with Crippen molar-refractivity contribution in [1.29, 1.82) is 0 Å². The van der Waals surface area contributed by atoms with Crippen LogP contribution in [0.25, 0.3) is 0 Å². The fraction of sp³-hybridized carbons (Fsp3) is 0.400. The zero-order valence-corrected chi connectivity index (χ0v) is 17.8. The number of carbonyl (C=O) groups excluding carboxylic acids is 3. The number of anilines is 1. The van der Waals surface area contributed by atoms with Gasteiger partial charge in [-0.3, -0.25) is 19.3 Å². The molecule has 1 aliphatic carbocycles. The molecular formula is C25H28N2O4. The molecule has 0 bridgehead atoms. The van der Waals surface area contributed by atoms with Gasteiger partial charge in [0, 0.05) is 18.2 Å². The summed E-state index contributed by atoms with van der Waals surface area (Å²) >= 11 is 0. The molecular weight excluding hydrogens is 392 g/mol. The zero-order valence-electron chi connectivity index (χ0n) is 17.8. The van der Waals surface area contributed by atoms with Crippen LogP contribution >= 0.6 is 0 Å². The largest absolute Gasteiger partial charge is 0.494 e. The van der Waals surface area contributed by atoms with Crippen molar-refractivity contribution < 1.29 is 19.1 Å². The Morgan fingerprint density at radius 1 is 1.00 bits per heavy atom. The number of nitrogens with zero attached hydrogens (tertiary/aromatic N) is 1. The third-order valence-corrected chi connectivity index (χ3v) is 6.14. The predicted octanol–water partition coefficient (Wildman–Crippen LogP) is 4.52. The van der Waals surface area contributed by atoms with Gasteiger partial charge in [-0.15, -0.1) is 0 Å². The van der Waals surface area contributed by atoms with Crippen molar-refractivity contribution in [3.8, 4) is 5.75 Å². The summed E-state index contributed by atoms with van der Waals surface area (Å²) in [6.07, 6.45) is 4.50. The first-order chi connectivity index (χ1) is 15.1. The standard InChI is InChI=1S/C25H28N2O4/c1-2-15-31-19-13-11-18(12-14-19)26-23(28)20-8-4-3-7-17(20)16-27-24(29)21-9-5-6-10-22(21)25(27)30/h5-6,9-14,17,20H,2-4,7-8,15-16H2,1H3,(H,26,28). The Hall–Kier alpha value is -3.15. The molecule has 31 heavy (non-hydrogen) atoms. The summed E-state index contributed by atoms with van der Waals surface area (Å²) in [5.74, 6) is -0.0530. The van der Waals surface area contributed by atoms with Gasteiger partial charge in [0.1, 0.15) is 5.75 Å². The monoisotopic (exact) mass is 420 g/mol. The Balaban J connectivity index is 1.42. The molecule has 0 spiro atoms. The maximum atomic E-state index is 13.1. The van der Waals surface area contributed by atoms with E-state index in [1.807, 2.05) is 24.3 Å². The van der Waals surface area contributed by atoms with Gasteiger partial charge in [-0.1, -0.05) is 31.9 Å². The fourth-order valence-corrected chi connectivity index (χ4v) is 4.50. The average Bonchev–Trinajstić information content (AvgIpc) is 3.04. The molecule has 162 valence electrons. The molecule has 2 unspecified atom stereocenters. The van der Waals surface area contributed by atoms with Gasteiger partial charge >= 0.3 is 0 Å². The molecule has 0 radical (unpaired) electrons. The first kappa shape index (κ1) is 21.1. The molecule has 1 heterocycles. The van der Waals surface area contributed by atoms with E-state index in [0.29, 0.717) is 17.7 Å². The molecule has 0 saturated heterocycles. The maximum Gasteiger partial charge on any atom is 0.261 e. The average molecular weight is 421 g/mol. The number of rotatable bonds is 7. The lowest BCUT2D eigenvalue weighted by Crippen LogP contribution is -2.41. The Morgan fingerprint density at radius 2 is 1.65 bits per heavy atom. The Kier molecular flexibility index (Phi) is 6.35. The third kappa shape index (κ3) is 4.48. The first-order valence-electron chi connectivity index (χ1n) is 11.1. The molecule has 2 atom stereocenters. The molecule has 1 fully saturated rings. The second-order valence-electron chi connectivity index (χ2n) is 8.28. The van der Waals surface area contributed by atoms with Crippen LogP contribution in [-0.4, -0.2) is 35.8 Å². The summed E-state index contributed by atoms with van der Waals surface area (Å²) in [7, 11) is 0. The Labute approximate surface area is 182 Å². The molecule has 4 rings (SSSR count). The van der Waals surface area contributed by atoms with E-state index in [4.69, 9.17) is 4.74 Å². The molecule has 6 nitrogen and oxygen atoms in total. The molecule has 0 aromatic heterocycles. The molecule has 1 N–H and O–H groups in total. The van der Waals surface area contributed by atoms with Gasteiger partial charge in [-0.25, -0.2) is 0 Å². The number of fused-ring (bicyclic) bond motifs is 1.